The smallest absolute Gasteiger partial charge is 0.226 e. The summed E-state index contributed by atoms with van der Waals surface area (Å²) in [5.41, 5.74) is 1.40. The van der Waals surface area contributed by atoms with E-state index < -0.39 is 0 Å². The highest BCUT2D eigenvalue weighted by molar-refractivity contribution is 5.78. The van der Waals surface area contributed by atoms with E-state index in [0.717, 1.165) is 58.4 Å². The van der Waals surface area contributed by atoms with Gasteiger partial charge in [0.25, 0.3) is 0 Å². The van der Waals surface area contributed by atoms with E-state index in [1.165, 1.54) is 5.56 Å². The van der Waals surface area contributed by atoms with Gasteiger partial charge in [0, 0.05) is 11.5 Å². The SMILES string of the molecule is CCCC(CCC)C(=O)N1CC[NH+](Cc2ccccc2)CC1.[Cl-]. The molecule has 2 rings (SSSR count). The predicted octanol–water partition coefficient (Wildman–Crippen LogP) is -0.866. The van der Waals surface area contributed by atoms with Crippen molar-refractivity contribution in [1.82, 2.24) is 4.90 Å². The summed E-state index contributed by atoms with van der Waals surface area (Å²) in [6, 6.07) is 10.7. The fraction of sp³-hybridized carbons (Fsp3) is 0.632. The van der Waals surface area contributed by atoms with E-state index >= 15 is 0 Å². The number of hydrogen-bond acceptors (Lipinski definition) is 1. The molecule has 1 saturated heterocycles. The highest BCUT2D eigenvalue weighted by Crippen LogP contribution is 2.16. The Hall–Kier alpha value is -1.06. The van der Waals surface area contributed by atoms with Gasteiger partial charge in [-0.3, -0.25) is 4.79 Å². The minimum absolute atomic E-state index is 0. The molecule has 130 valence electrons. The lowest BCUT2D eigenvalue weighted by molar-refractivity contribution is -0.917. The summed E-state index contributed by atoms with van der Waals surface area (Å²) in [5.74, 6) is 0.660. The quantitative estimate of drug-likeness (QED) is 0.687. The molecule has 0 aromatic heterocycles. The molecule has 0 aliphatic carbocycles. The topological polar surface area (TPSA) is 24.8 Å². The molecule has 1 aromatic rings. The summed E-state index contributed by atoms with van der Waals surface area (Å²) in [4.78, 5) is 16.4. The van der Waals surface area contributed by atoms with Gasteiger partial charge in [0.2, 0.25) is 5.91 Å². The average Bonchev–Trinajstić information content (AvgIpc) is 2.56. The van der Waals surface area contributed by atoms with Crippen molar-refractivity contribution < 1.29 is 22.1 Å². The molecule has 0 bridgehead atoms. The van der Waals surface area contributed by atoms with Crippen LogP contribution in [0.3, 0.4) is 0 Å². The van der Waals surface area contributed by atoms with Crippen LogP contribution in [0.25, 0.3) is 0 Å². The van der Waals surface area contributed by atoms with Crippen molar-refractivity contribution in [2.24, 2.45) is 5.92 Å². The van der Waals surface area contributed by atoms with E-state index in [2.05, 4.69) is 49.1 Å². The maximum atomic E-state index is 12.7. The average molecular weight is 339 g/mol. The number of piperazine rings is 1. The van der Waals surface area contributed by atoms with E-state index in [1.54, 1.807) is 4.90 Å². The number of carbonyl (C=O) groups excluding carboxylic acids is 1. The standard InChI is InChI=1S/C19H30N2O.ClH/c1-3-8-18(9-4-2)19(22)21-14-12-20(13-15-21)16-17-10-6-5-7-11-17;/h5-7,10-11,18H,3-4,8-9,12-16H2,1-2H3;1H. The molecule has 0 saturated carbocycles. The van der Waals surface area contributed by atoms with Gasteiger partial charge in [0.1, 0.15) is 6.54 Å². The minimum atomic E-state index is 0. The van der Waals surface area contributed by atoms with Gasteiger partial charge in [-0.05, 0) is 12.8 Å². The largest absolute Gasteiger partial charge is 1.00 e. The number of nitrogens with zero attached hydrogens (tertiary/aromatic N) is 1. The van der Waals surface area contributed by atoms with Crippen LogP contribution >= 0.6 is 0 Å². The lowest BCUT2D eigenvalue weighted by atomic mass is 9.96. The van der Waals surface area contributed by atoms with Gasteiger partial charge in [0.05, 0.1) is 26.2 Å². The lowest BCUT2D eigenvalue weighted by Crippen LogP contribution is -3.13. The molecule has 4 heteroatoms. The third-order valence-electron chi connectivity index (χ3n) is 4.70. The third-order valence-corrected chi connectivity index (χ3v) is 4.70. The first kappa shape index (κ1) is 20.0. The molecular weight excluding hydrogens is 308 g/mol. The second-order valence-corrected chi connectivity index (χ2v) is 6.51. The van der Waals surface area contributed by atoms with Gasteiger partial charge in [-0.15, -0.1) is 0 Å². The molecule has 1 aliphatic rings. The number of amides is 1. The third kappa shape index (κ3) is 6.15. The molecule has 23 heavy (non-hydrogen) atoms. The van der Waals surface area contributed by atoms with Crippen molar-refractivity contribution in [2.75, 3.05) is 26.2 Å². The number of carbonyl (C=O) groups is 1. The summed E-state index contributed by atoms with van der Waals surface area (Å²) in [6.45, 7) is 9.43. The number of nitrogens with one attached hydrogen (secondary N) is 1. The maximum absolute atomic E-state index is 12.7. The molecule has 1 aromatic carbocycles. The zero-order valence-corrected chi connectivity index (χ0v) is 15.3. The highest BCUT2D eigenvalue weighted by Gasteiger charge is 2.28. The predicted molar refractivity (Wildman–Crippen MR) is 90.7 cm³/mol. The molecule has 1 fully saturated rings. The summed E-state index contributed by atoms with van der Waals surface area (Å²) in [7, 11) is 0. The van der Waals surface area contributed by atoms with Crippen molar-refractivity contribution in [3.63, 3.8) is 0 Å². The Morgan fingerprint density at radius 3 is 2.17 bits per heavy atom. The molecule has 0 radical (unpaired) electrons. The first-order valence-corrected chi connectivity index (χ1v) is 8.90. The monoisotopic (exact) mass is 338 g/mol. The minimum Gasteiger partial charge on any atom is -1.00 e. The summed E-state index contributed by atoms with van der Waals surface area (Å²) in [6.07, 6.45) is 4.30. The Labute approximate surface area is 147 Å². The molecular formula is C19H31ClN2O. The van der Waals surface area contributed by atoms with Crippen molar-refractivity contribution in [3.8, 4) is 0 Å². The van der Waals surface area contributed by atoms with Gasteiger partial charge >= 0.3 is 0 Å². The summed E-state index contributed by atoms with van der Waals surface area (Å²) >= 11 is 0. The van der Waals surface area contributed by atoms with Crippen molar-refractivity contribution in [2.45, 2.75) is 46.1 Å². The second kappa shape index (κ2) is 10.7. The van der Waals surface area contributed by atoms with E-state index in [-0.39, 0.29) is 18.3 Å². The number of hydrogen-bond donors (Lipinski definition) is 1. The highest BCUT2D eigenvalue weighted by atomic mass is 35.5. The zero-order chi connectivity index (χ0) is 15.8. The van der Waals surface area contributed by atoms with Crippen LogP contribution in [0.1, 0.15) is 45.1 Å². The number of rotatable bonds is 7. The van der Waals surface area contributed by atoms with Crippen molar-refractivity contribution in [3.05, 3.63) is 35.9 Å². The molecule has 3 nitrogen and oxygen atoms in total. The Morgan fingerprint density at radius 1 is 1.09 bits per heavy atom. The van der Waals surface area contributed by atoms with Crippen LogP contribution in [0.4, 0.5) is 0 Å². The first-order chi connectivity index (χ1) is 10.7. The van der Waals surface area contributed by atoms with Gasteiger partial charge in [-0.2, -0.15) is 0 Å². The van der Waals surface area contributed by atoms with Crippen LogP contribution in [-0.4, -0.2) is 37.0 Å². The van der Waals surface area contributed by atoms with Crippen molar-refractivity contribution >= 4 is 5.91 Å². The number of halogens is 1. The van der Waals surface area contributed by atoms with Gasteiger partial charge < -0.3 is 22.2 Å². The van der Waals surface area contributed by atoms with Crippen LogP contribution in [0.5, 0.6) is 0 Å². The number of benzene rings is 1. The molecule has 0 unspecified atom stereocenters. The van der Waals surface area contributed by atoms with Crippen LogP contribution in [0.2, 0.25) is 0 Å². The van der Waals surface area contributed by atoms with Crippen LogP contribution in [0.15, 0.2) is 30.3 Å². The van der Waals surface area contributed by atoms with Crippen LogP contribution in [0, 0.1) is 5.92 Å². The first-order valence-electron chi connectivity index (χ1n) is 8.90. The molecule has 0 spiro atoms. The molecule has 1 heterocycles. The van der Waals surface area contributed by atoms with E-state index in [4.69, 9.17) is 0 Å². The normalized spacial score (nSPS) is 15.5. The molecule has 1 amide bonds. The van der Waals surface area contributed by atoms with E-state index in [9.17, 15) is 4.79 Å². The summed E-state index contributed by atoms with van der Waals surface area (Å²) < 4.78 is 0. The Morgan fingerprint density at radius 2 is 1.65 bits per heavy atom. The fourth-order valence-corrected chi connectivity index (χ4v) is 3.45. The van der Waals surface area contributed by atoms with E-state index in [0.29, 0.717) is 5.91 Å². The lowest BCUT2D eigenvalue weighted by Gasteiger charge is -2.34. The van der Waals surface area contributed by atoms with Gasteiger partial charge in [0.15, 0.2) is 0 Å². The van der Waals surface area contributed by atoms with Gasteiger partial charge in [-0.1, -0.05) is 57.0 Å². The fourth-order valence-electron chi connectivity index (χ4n) is 3.45. The number of quaternary nitrogens is 1. The zero-order valence-electron chi connectivity index (χ0n) is 14.6. The molecule has 1 N–H and O–H groups in total. The second-order valence-electron chi connectivity index (χ2n) is 6.51. The van der Waals surface area contributed by atoms with Gasteiger partial charge in [-0.25, -0.2) is 0 Å². The Balaban J connectivity index is 0.00000264. The van der Waals surface area contributed by atoms with Crippen LogP contribution in [-0.2, 0) is 11.3 Å². The van der Waals surface area contributed by atoms with E-state index in [1.807, 2.05) is 0 Å². The van der Waals surface area contributed by atoms with Crippen molar-refractivity contribution in [1.29, 1.82) is 0 Å². The van der Waals surface area contributed by atoms with Crippen LogP contribution < -0.4 is 17.3 Å². The molecule has 0 atom stereocenters. The Kier molecular flexibility index (Phi) is 9.27. The maximum Gasteiger partial charge on any atom is 0.226 e. The summed E-state index contributed by atoms with van der Waals surface area (Å²) in [5, 5.41) is 0. The molecule has 1 aliphatic heterocycles. The Bertz CT molecular complexity index is 438.